The van der Waals surface area contributed by atoms with Crippen LogP contribution in [0.4, 0.5) is 0 Å². The second kappa shape index (κ2) is 8.80. The SMILES string of the molecule is CBr.CN(C)C1CCN(CC[N+]2=Cc3ccccc3CC2)C1. The summed E-state index contributed by atoms with van der Waals surface area (Å²) in [6.07, 6.45) is 4.85. The average molecular weight is 367 g/mol. The van der Waals surface area contributed by atoms with E-state index in [4.69, 9.17) is 0 Å². The lowest BCUT2D eigenvalue weighted by Gasteiger charge is -2.20. The Bertz CT molecular complexity index is 499. The summed E-state index contributed by atoms with van der Waals surface area (Å²) in [6.45, 7) is 6.02. The maximum atomic E-state index is 2.94. The van der Waals surface area contributed by atoms with Gasteiger partial charge < -0.3 is 4.90 Å². The smallest absolute Gasteiger partial charge is 0.171 e. The number of halogens is 1. The van der Waals surface area contributed by atoms with Crippen molar-refractivity contribution in [3.8, 4) is 0 Å². The first-order valence-electron chi connectivity index (χ1n) is 8.16. The highest BCUT2D eigenvalue weighted by molar-refractivity contribution is 9.08. The summed E-state index contributed by atoms with van der Waals surface area (Å²) in [7, 11) is 4.40. The molecule has 2 aliphatic heterocycles. The number of alkyl halides is 1. The molecule has 0 spiro atoms. The van der Waals surface area contributed by atoms with Crippen LogP contribution in [0.1, 0.15) is 17.5 Å². The number of likely N-dealkylation sites (N-methyl/N-ethyl adjacent to an activating group) is 1. The standard InChI is InChI=1S/C17H26N3.CH3Br/c1-18(2)17-8-10-20(14-17)12-11-19-9-7-15-5-3-4-6-16(15)13-19;1-2/h3-6,13,17H,7-12,14H2,1-2H3;1H3/q+1;. The van der Waals surface area contributed by atoms with Gasteiger partial charge in [-0.1, -0.05) is 34.1 Å². The molecular formula is C18H29BrN3+. The van der Waals surface area contributed by atoms with Crippen molar-refractivity contribution in [1.82, 2.24) is 9.80 Å². The summed E-state index contributed by atoms with van der Waals surface area (Å²) in [4.78, 5) is 4.97. The number of nitrogens with zero attached hydrogens (tertiary/aromatic N) is 3. The minimum atomic E-state index is 0.751. The van der Waals surface area contributed by atoms with Crippen LogP contribution in [0.3, 0.4) is 0 Å². The molecule has 3 rings (SSSR count). The molecule has 2 aliphatic rings. The molecule has 0 N–H and O–H groups in total. The molecule has 122 valence electrons. The Morgan fingerprint density at radius 2 is 2.05 bits per heavy atom. The number of rotatable bonds is 4. The van der Waals surface area contributed by atoms with Crippen LogP contribution >= 0.6 is 15.9 Å². The first-order chi connectivity index (χ1) is 10.7. The molecule has 0 radical (unpaired) electrons. The molecular weight excluding hydrogens is 338 g/mol. The lowest BCUT2D eigenvalue weighted by Crippen LogP contribution is -2.35. The van der Waals surface area contributed by atoms with Crippen LogP contribution in [0.5, 0.6) is 0 Å². The van der Waals surface area contributed by atoms with Crippen LogP contribution in [0.15, 0.2) is 24.3 Å². The van der Waals surface area contributed by atoms with E-state index < -0.39 is 0 Å². The van der Waals surface area contributed by atoms with Gasteiger partial charge >= 0.3 is 0 Å². The summed E-state index contributed by atoms with van der Waals surface area (Å²) >= 11 is 2.94. The lowest BCUT2D eigenvalue weighted by atomic mass is 10.0. The predicted molar refractivity (Wildman–Crippen MR) is 98.7 cm³/mol. The summed E-state index contributed by atoms with van der Waals surface area (Å²) in [6, 6.07) is 9.53. The Hall–Kier alpha value is -0.710. The summed E-state index contributed by atoms with van der Waals surface area (Å²) in [5, 5.41) is 0. The second-order valence-electron chi connectivity index (χ2n) is 6.32. The highest BCUT2D eigenvalue weighted by Crippen LogP contribution is 2.14. The van der Waals surface area contributed by atoms with Gasteiger partial charge in [0.2, 0.25) is 0 Å². The molecule has 22 heavy (non-hydrogen) atoms. The largest absolute Gasteiger partial charge is 0.305 e. The Morgan fingerprint density at radius 1 is 1.27 bits per heavy atom. The Labute approximate surface area is 143 Å². The zero-order valence-corrected chi connectivity index (χ0v) is 15.7. The molecule has 1 saturated heterocycles. The van der Waals surface area contributed by atoms with Crippen molar-refractivity contribution < 1.29 is 4.58 Å². The third-order valence-corrected chi connectivity index (χ3v) is 4.73. The van der Waals surface area contributed by atoms with E-state index >= 15 is 0 Å². The van der Waals surface area contributed by atoms with Crippen LogP contribution < -0.4 is 0 Å². The van der Waals surface area contributed by atoms with Gasteiger partial charge in [-0.05, 0) is 44.5 Å². The zero-order chi connectivity index (χ0) is 15.9. The monoisotopic (exact) mass is 366 g/mol. The molecule has 1 aromatic rings. The maximum Gasteiger partial charge on any atom is 0.171 e. The average Bonchev–Trinajstić information content (AvgIpc) is 3.04. The van der Waals surface area contributed by atoms with Gasteiger partial charge in [0.1, 0.15) is 6.54 Å². The fraction of sp³-hybridized carbons (Fsp3) is 0.611. The molecule has 1 fully saturated rings. The van der Waals surface area contributed by atoms with Gasteiger partial charge in [-0.2, -0.15) is 0 Å². The van der Waals surface area contributed by atoms with Gasteiger partial charge in [0.25, 0.3) is 0 Å². The predicted octanol–water partition coefficient (Wildman–Crippen LogP) is 2.32. The van der Waals surface area contributed by atoms with Crippen LogP contribution in [0.25, 0.3) is 0 Å². The van der Waals surface area contributed by atoms with E-state index in [2.05, 4.69) is 74.9 Å². The molecule has 0 bridgehead atoms. The summed E-state index contributed by atoms with van der Waals surface area (Å²) < 4.78 is 2.49. The van der Waals surface area contributed by atoms with E-state index in [1.807, 2.05) is 5.83 Å². The number of benzene rings is 1. The van der Waals surface area contributed by atoms with Crippen molar-refractivity contribution in [2.45, 2.75) is 18.9 Å². The van der Waals surface area contributed by atoms with Crippen LogP contribution in [-0.4, -0.2) is 79.3 Å². The van der Waals surface area contributed by atoms with Crippen molar-refractivity contribution >= 4 is 22.1 Å². The van der Waals surface area contributed by atoms with Gasteiger partial charge in [0.05, 0.1) is 6.54 Å². The minimum Gasteiger partial charge on any atom is -0.305 e. The number of fused-ring (bicyclic) bond motifs is 1. The fourth-order valence-electron chi connectivity index (χ4n) is 3.30. The van der Waals surface area contributed by atoms with Crippen molar-refractivity contribution in [3.63, 3.8) is 0 Å². The fourth-order valence-corrected chi connectivity index (χ4v) is 3.30. The van der Waals surface area contributed by atoms with E-state index in [9.17, 15) is 0 Å². The molecule has 0 aliphatic carbocycles. The van der Waals surface area contributed by atoms with Crippen molar-refractivity contribution in [1.29, 1.82) is 0 Å². The lowest BCUT2D eigenvalue weighted by molar-refractivity contribution is -0.524. The number of hydrogen-bond acceptors (Lipinski definition) is 2. The summed E-state index contributed by atoms with van der Waals surface area (Å²) in [5.41, 5.74) is 2.91. The first-order valence-corrected chi connectivity index (χ1v) is 9.74. The molecule has 0 aromatic heterocycles. The molecule has 3 nitrogen and oxygen atoms in total. The second-order valence-corrected chi connectivity index (χ2v) is 6.32. The molecule has 1 atom stereocenters. The Morgan fingerprint density at radius 3 is 2.77 bits per heavy atom. The maximum absolute atomic E-state index is 2.94. The summed E-state index contributed by atoms with van der Waals surface area (Å²) in [5.74, 6) is 1.81. The molecule has 0 amide bonds. The Kier molecular flexibility index (Phi) is 7.06. The van der Waals surface area contributed by atoms with Gasteiger partial charge in [0.15, 0.2) is 12.8 Å². The minimum absolute atomic E-state index is 0.751. The quantitative estimate of drug-likeness (QED) is 0.597. The molecule has 2 heterocycles. The topological polar surface area (TPSA) is 9.49 Å². The van der Waals surface area contributed by atoms with Crippen molar-refractivity contribution in [3.05, 3.63) is 35.4 Å². The third-order valence-electron chi connectivity index (χ3n) is 4.73. The van der Waals surface area contributed by atoms with E-state index in [1.165, 1.54) is 50.1 Å². The van der Waals surface area contributed by atoms with Crippen molar-refractivity contribution in [2.24, 2.45) is 0 Å². The van der Waals surface area contributed by atoms with E-state index in [-0.39, 0.29) is 0 Å². The van der Waals surface area contributed by atoms with Gasteiger partial charge in [-0.3, -0.25) is 4.90 Å². The number of hydrogen-bond donors (Lipinski definition) is 0. The van der Waals surface area contributed by atoms with Gasteiger partial charge in [0, 0.05) is 24.6 Å². The Balaban J connectivity index is 0.000000847. The van der Waals surface area contributed by atoms with Crippen LogP contribution in [-0.2, 0) is 6.42 Å². The molecule has 0 saturated carbocycles. The number of likely N-dealkylation sites (tertiary alicyclic amines) is 1. The molecule has 1 unspecified atom stereocenters. The zero-order valence-electron chi connectivity index (χ0n) is 14.1. The third kappa shape index (κ3) is 4.64. The highest BCUT2D eigenvalue weighted by atomic mass is 79.9. The molecule has 1 aromatic carbocycles. The van der Waals surface area contributed by atoms with Crippen LogP contribution in [0.2, 0.25) is 0 Å². The highest BCUT2D eigenvalue weighted by Gasteiger charge is 2.25. The normalized spacial score (nSPS) is 21.1. The van der Waals surface area contributed by atoms with Gasteiger partial charge in [-0.25, -0.2) is 4.58 Å². The first kappa shape index (κ1) is 17.6. The van der Waals surface area contributed by atoms with E-state index in [0.29, 0.717) is 0 Å². The van der Waals surface area contributed by atoms with E-state index in [1.54, 1.807) is 0 Å². The van der Waals surface area contributed by atoms with Crippen LogP contribution in [0, 0.1) is 0 Å². The van der Waals surface area contributed by atoms with E-state index in [0.717, 1.165) is 12.6 Å². The van der Waals surface area contributed by atoms with Crippen molar-refractivity contribution in [2.75, 3.05) is 52.7 Å². The molecule has 4 heteroatoms. The van der Waals surface area contributed by atoms with Gasteiger partial charge in [-0.15, -0.1) is 0 Å².